The number of imidazole rings is 1. The molecule has 2 bridgehead atoms. The maximum absolute atomic E-state index is 12.5. The lowest BCUT2D eigenvalue weighted by atomic mass is 9.91. The first-order valence-corrected chi connectivity index (χ1v) is 9.47. The Balaban J connectivity index is 1.46. The van der Waals surface area contributed by atoms with Crippen LogP contribution in [-0.4, -0.2) is 50.3 Å². The molecular formula is C19H18N8O3. The zero-order valence-electron chi connectivity index (χ0n) is 16.0. The van der Waals surface area contributed by atoms with Crippen LogP contribution in [0, 0.1) is 5.92 Å². The minimum absolute atomic E-state index is 0.0320. The van der Waals surface area contributed by atoms with Crippen molar-refractivity contribution in [1.29, 1.82) is 0 Å². The number of amides is 1. The zero-order chi connectivity index (χ0) is 20.7. The van der Waals surface area contributed by atoms with E-state index in [0.717, 1.165) is 0 Å². The fraction of sp³-hybridized carbons (Fsp3) is 0.368. The van der Waals surface area contributed by atoms with Crippen LogP contribution in [0.25, 0.3) is 21.6 Å². The van der Waals surface area contributed by atoms with E-state index in [1.165, 1.54) is 6.33 Å². The summed E-state index contributed by atoms with van der Waals surface area (Å²) in [6.07, 6.45) is 2.27. The predicted molar refractivity (Wildman–Crippen MR) is 105 cm³/mol. The predicted octanol–water partition coefficient (Wildman–Crippen LogP) is 2.69. The van der Waals surface area contributed by atoms with Gasteiger partial charge in [0.05, 0.1) is 19.5 Å². The van der Waals surface area contributed by atoms with Gasteiger partial charge in [0, 0.05) is 16.4 Å². The molecule has 2 aliphatic heterocycles. The minimum atomic E-state index is -0.671. The Bertz CT molecular complexity index is 1160. The average molecular weight is 406 g/mol. The van der Waals surface area contributed by atoms with E-state index in [9.17, 15) is 4.79 Å². The molecule has 0 saturated carbocycles. The molecule has 5 rings (SSSR count). The SMILES string of the molecule is CC1C2OC[C@]1(CN=[N+]=[N-])O[C@H]2n1cnc2c(NC(=O)c3ccccc3)ncnc21. The van der Waals surface area contributed by atoms with Crippen molar-refractivity contribution >= 4 is 22.9 Å². The van der Waals surface area contributed by atoms with Gasteiger partial charge in [0.2, 0.25) is 0 Å². The molecule has 0 spiro atoms. The average Bonchev–Trinajstić information content (AvgIpc) is 3.43. The third-order valence-corrected chi connectivity index (χ3v) is 5.78. The molecule has 3 aromatic rings. The maximum Gasteiger partial charge on any atom is 0.256 e. The molecule has 2 aromatic heterocycles. The second-order valence-corrected chi connectivity index (χ2v) is 7.39. The van der Waals surface area contributed by atoms with E-state index in [4.69, 9.17) is 15.0 Å². The highest BCUT2D eigenvalue weighted by Gasteiger charge is 2.59. The largest absolute Gasteiger partial charge is 0.370 e. The van der Waals surface area contributed by atoms with Crippen LogP contribution in [0.5, 0.6) is 0 Å². The molecule has 11 heteroatoms. The molecule has 11 nitrogen and oxygen atoms in total. The molecule has 152 valence electrons. The van der Waals surface area contributed by atoms with E-state index in [1.807, 2.05) is 13.0 Å². The summed E-state index contributed by atoms with van der Waals surface area (Å²) in [7, 11) is 0. The number of aromatic nitrogens is 4. The van der Waals surface area contributed by atoms with Crippen LogP contribution in [0.3, 0.4) is 0 Å². The van der Waals surface area contributed by atoms with Crippen LogP contribution in [0.1, 0.15) is 23.5 Å². The Labute approximate surface area is 170 Å². The molecule has 4 atom stereocenters. The molecule has 4 heterocycles. The molecule has 0 aliphatic carbocycles. The number of hydrogen-bond acceptors (Lipinski definition) is 7. The third-order valence-electron chi connectivity index (χ3n) is 5.78. The smallest absolute Gasteiger partial charge is 0.256 e. The quantitative estimate of drug-likeness (QED) is 0.392. The number of rotatable bonds is 5. The molecule has 1 N–H and O–H groups in total. The van der Waals surface area contributed by atoms with Crippen LogP contribution in [0.2, 0.25) is 0 Å². The summed E-state index contributed by atoms with van der Waals surface area (Å²) in [6, 6.07) is 8.86. The molecular weight excluding hydrogens is 388 g/mol. The van der Waals surface area contributed by atoms with E-state index < -0.39 is 11.8 Å². The van der Waals surface area contributed by atoms with E-state index in [1.54, 1.807) is 35.2 Å². The molecule has 0 radical (unpaired) electrons. The summed E-state index contributed by atoms with van der Waals surface area (Å²) in [6.45, 7) is 2.58. The Hall–Kier alpha value is -3.53. The number of carbonyl (C=O) groups excluding carboxylic acids is 1. The van der Waals surface area contributed by atoms with E-state index in [0.29, 0.717) is 29.2 Å². The Morgan fingerprint density at radius 1 is 1.37 bits per heavy atom. The number of anilines is 1. The van der Waals surface area contributed by atoms with Gasteiger partial charge in [-0.05, 0) is 17.7 Å². The second-order valence-electron chi connectivity index (χ2n) is 7.39. The van der Waals surface area contributed by atoms with Crippen molar-refractivity contribution in [2.24, 2.45) is 11.0 Å². The van der Waals surface area contributed by atoms with Gasteiger partial charge in [-0.2, -0.15) is 0 Å². The Kier molecular flexibility index (Phi) is 4.35. The first-order valence-electron chi connectivity index (χ1n) is 9.47. The van der Waals surface area contributed by atoms with Crippen LogP contribution in [-0.2, 0) is 9.47 Å². The van der Waals surface area contributed by atoms with Gasteiger partial charge < -0.3 is 14.8 Å². The molecule has 2 saturated heterocycles. The Morgan fingerprint density at radius 3 is 3.00 bits per heavy atom. The first kappa shape index (κ1) is 18.5. The molecule has 2 aliphatic rings. The number of azide groups is 1. The fourth-order valence-corrected chi connectivity index (χ4v) is 4.08. The maximum atomic E-state index is 12.5. The number of fused-ring (bicyclic) bond motifs is 3. The zero-order valence-corrected chi connectivity index (χ0v) is 16.0. The number of nitrogens with one attached hydrogen (secondary N) is 1. The van der Waals surface area contributed by atoms with Gasteiger partial charge in [-0.1, -0.05) is 30.2 Å². The Morgan fingerprint density at radius 2 is 2.20 bits per heavy atom. The van der Waals surface area contributed by atoms with Gasteiger partial charge >= 0.3 is 0 Å². The number of nitrogens with zero attached hydrogens (tertiary/aromatic N) is 7. The molecule has 1 amide bonds. The lowest BCUT2D eigenvalue weighted by Crippen LogP contribution is -2.40. The highest BCUT2D eigenvalue weighted by Crippen LogP contribution is 2.49. The van der Waals surface area contributed by atoms with Gasteiger partial charge in [-0.3, -0.25) is 9.36 Å². The summed E-state index contributed by atoms with van der Waals surface area (Å²) in [5.41, 5.74) is 9.52. The molecule has 2 unspecified atom stereocenters. The highest BCUT2D eigenvalue weighted by atomic mass is 16.6. The van der Waals surface area contributed by atoms with E-state index >= 15 is 0 Å². The van der Waals surface area contributed by atoms with Crippen molar-refractivity contribution in [3.63, 3.8) is 0 Å². The van der Waals surface area contributed by atoms with Crippen LogP contribution >= 0.6 is 0 Å². The lowest BCUT2D eigenvalue weighted by Gasteiger charge is -2.30. The number of benzene rings is 1. The van der Waals surface area contributed by atoms with Crippen molar-refractivity contribution in [3.8, 4) is 0 Å². The third kappa shape index (κ3) is 2.79. The van der Waals surface area contributed by atoms with Gasteiger partial charge in [0.15, 0.2) is 23.2 Å². The summed E-state index contributed by atoms with van der Waals surface area (Å²) in [5, 5.41) is 6.50. The molecule has 30 heavy (non-hydrogen) atoms. The molecule has 2 fully saturated rings. The molecule has 1 aromatic carbocycles. The van der Waals surface area contributed by atoms with Crippen molar-refractivity contribution in [1.82, 2.24) is 19.5 Å². The van der Waals surface area contributed by atoms with Gasteiger partial charge in [0.25, 0.3) is 5.91 Å². The van der Waals surface area contributed by atoms with Crippen LogP contribution < -0.4 is 5.32 Å². The van der Waals surface area contributed by atoms with Gasteiger partial charge in [-0.25, -0.2) is 15.0 Å². The lowest BCUT2D eigenvalue weighted by molar-refractivity contribution is -0.167. The van der Waals surface area contributed by atoms with Crippen molar-refractivity contribution < 1.29 is 14.3 Å². The van der Waals surface area contributed by atoms with E-state index in [-0.39, 0.29) is 24.5 Å². The summed E-state index contributed by atoms with van der Waals surface area (Å²) in [4.78, 5) is 28.3. The van der Waals surface area contributed by atoms with Gasteiger partial charge in [0.1, 0.15) is 18.0 Å². The number of ether oxygens (including phenoxy) is 2. The van der Waals surface area contributed by atoms with Crippen molar-refractivity contribution in [3.05, 3.63) is 59.0 Å². The standard InChI is InChI=1S/C19H18N8O3/c1-11-14-18(30-19(11,8-29-14)7-24-26-20)27-10-23-13-15(21-9-22-16(13)27)25-17(28)12-5-3-2-4-6-12/h2-6,9-11,14,18H,7-8H2,1H3,(H,21,22,25,28)/t11?,14?,18-,19+/m1/s1. The summed E-state index contributed by atoms with van der Waals surface area (Å²) < 4.78 is 14.0. The van der Waals surface area contributed by atoms with Gasteiger partial charge in [-0.15, -0.1) is 0 Å². The summed E-state index contributed by atoms with van der Waals surface area (Å²) in [5.74, 6) is 0.0599. The van der Waals surface area contributed by atoms with Crippen molar-refractivity contribution in [2.75, 3.05) is 18.5 Å². The first-order chi connectivity index (χ1) is 14.6. The summed E-state index contributed by atoms with van der Waals surface area (Å²) >= 11 is 0. The monoisotopic (exact) mass is 406 g/mol. The second kappa shape index (κ2) is 7.06. The van der Waals surface area contributed by atoms with E-state index in [2.05, 4.69) is 30.3 Å². The highest BCUT2D eigenvalue weighted by molar-refractivity contribution is 6.06. The topological polar surface area (TPSA) is 140 Å². The van der Waals surface area contributed by atoms with Crippen LogP contribution in [0.15, 0.2) is 48.1 Å². The normalized spacial score (nSPS) is 27.2. The number of carbonyl (C=O) groups is 1. The van der Waals surface area contributed by atoms with Crippen LogP contribution in [0.4, 0.5) is 5.82 Å². The number of hydrogen-bond donors (Lipinski definition) is 1. The minimum Gasteiger partial charge on any atom is -0.370 e. The fourth-order valence-electron chi connectivity index (χ4n) is 4.08. The van der Waals surface area contributed by atoms with Crippen molar-refractivity contribution in [2.45, 2.75) is 24.9 Å².